The van der Waals surface area contributed by atoms with Crippen LogP contribution in [0.1, 0.15) is 12.5 Å². The molecule has 2 amide bonds. The third kappa shape index (κ3) is 4.72. The smallest absolute Gasteiger partial charge is 0.230 e. The lowest BCUT2D eigenvalue weighted by atomic mass is 10.0. The first-order valence-corrected chi connectivity index (χ1v) is 9.81. The van der Waals surface area contributed by atoms with Crippen LogP contribution in [0.4, 0.5) is 11.5 Å². The lowest BCUT2D eigenvalue weighted by molar-refractivity contribution is -0.116. The number of benzene rings is 3. The number of aromatic amines is 1. The number of anilines is 2. The number of hydrogen-bond acceptors (Lipinski definition) is 4. The van der Waals surface area contributed by atoms with Crippen molar-refractivity contribution in [2.45, 2.75) is 13.3 Å². The molecule has 3 aromatic carbocycles. The molecule has 4 rings (SSSR count). The number of ether oxygens (including phenoxy) is 1. The van der Waals surface area contributed by atoms with E-state index in [2.05, 4.69) is 20.8 Å². The van der Waals surface area contributed by atoms with E-state index in [9.17, 15) is 9.59 Å². The Bertz CT molecular complexity index is 1260. The van der Waals surface area contributed by atoms with E-state index in [0.717, 1.165) is 33.3 Å². The number of carbonyl (C=O) groups excluding carboxylic acids is 2. The molecule has 4 aromatic rings. The summed E-state index contributed by atoms with van der Waals surface area (Å²) in [5.41, 5.74) is 4.33. The first-order valence-electron chi connectivity index (χ1n) is 9.81. The molecule has 0 aliphatic carbocycles. The van der Waals surface area contributed by atoms with Gasteiger partial charge in [0.15, 0.2) is 5.82 Å². The molecule has 31 heavy (non-hydrogen) atoms. The van der Waals surface area contributed by atoms with Crippen LogP contribution in [-0.2, 0) is 16.0 Å². The van der Waals surface area contributed by atoms with Gasteiger partial charge < -0.3 is 15.4 Å². The first kappa shape index (κ1) is 20.2. The standard InChI is InChI=1S/C24H22N4O3/c1-15(29)25-19-7-4-6-17(13-19)18-9-10-21-22(14-18)27-28-24(21)26-23(30)12-16-5-3-8-20(11-16)31-2/h3-11,13-14H,12H2,1-2H3,(H,25,29)(H2,26,27,28,30). The minimum Gasteiger partial charge on any atom is -0.497 e. The Morgan fingerprint density at radius 2 is 1.77 bits per heavy atom. The van der Waals surface area contributed by atoms with Crippen molar-refractivity contribution in [2.75, 3.05) is 17.7 Å². The molecule has 0 saturated heterocycles. The molecule has 7 nitrogen and oxygen atoms in total. The first-order chi connectivity index (χ1) is 15.0. The number of aromatic nitrogens is 2. The van der Waals surface area contributed by atoms with Gasteiger partial charge in [0.25, 0.3) is 0 Å². The van der Waals surface area contributed by atoms with Gasteiger partial charge in [-0.05, 0) is 53.1 Å². The van der Waals surface area contributed by atoms with Gasteiger partial charge in [0, 0.05) is 18.0 Å². The van der Waals surface area contributed by atoms with Crippen LogP contribution < -0.4 is 15.4 Å². The summed E-state index contributed by atoms with van der Waals surface area (Å²) in [6.45, 7) is 1.48. The fourth-order valence-electron chi connectivity index (χ4n) is 3.42. The zero-order valence-electron chi connectivity index (χ0n) is 17.2. The number of amides is 2. The van der Waals surface area contributed by atoms with Crippen molar-refractivity contribution in [1.29, 1.82) is 0 Å². The predicted octanol–water partition coefficient (Wildman–Crippen LogP) is 4.38. The number of H-pyrrole nitrogens is 1. The maximum atomic E-state index is 12.5. The topological polar surface area (TPSA) is 96.1 Å². The fraction of sp³-hybridized carbons (Fsp3) is 0.125. The van der Waals surface area contributed by atoms with Crippen LogP contribution in [0.3, 0.4) is 0 Å². The van der Waals surface area contributed by atoms with Crippen molar-refractivity contribution in [3.05, 3.63) is 72.3 Å². The highest BCUT2D eigenvalue weighted by atomic mass is 16.5. The van der Waals surface area contributed by atoms with Crippen LogP contribution in [0.5, 0.6) is 5.75 Å². The zero-order chi connectivity index (χ0) is 21.8. The highest BCUT2D eigenvalue weighted by molar-refractivity contribution is 6.01. The third-order valence-corrected chi connectivity index (χ3v) is 4.84. The Kier molecular flexibility index (Phi) is 5.66. The van der Waals surface area contributed by atoms with Crippen molar-refractivity contribution in [2.24, 2.45) is 0 Å². The summed E-state index contributed by atoms with van der Waals surface area (Å²) in [5, 5.41) is 13.7. The number of hydrogen-bond donors (Lipinski definition) is 3. The zero-order valence-corrected chi connectivity index (χ0v) is 17.2. The second-order valence-corrected chi connectivity index (χ2v) is 7.17. The monoisotopic (exact) mass is 414 g/mol. The van der Waals surface area contributed by atoms with E-state index in [0.29, 0.717) is 11.6 Å². The summed E-state index contributed by atoms with van der Waals surface area (Å²) >= 11 is 0. The van der Waals surface area contributed by atoms with Crippen LogP contribution in [0, 0.1) is 0 Å². The van der Waals surface area contributed by atoms with E-state index in [1.54, 1.807) is 7.11 Å². The van der Waals surface area contributed by atoms with Crippen molar-refractivity contribution in [3.8, 4) is 16.9 Å². The molecule has 156 valence electrons. The molecule has 0 aliphatic heterocycles. The quantitative estimate of drug-likeness (QED) is 0.436. The normalized spacial score (nSPS) is 10.6. The molecule has 7 heteroatoms. The number of carbonyl (C=O) groups is 2. The van der Waals surface area contributed by atoms with Crippen LogP contribution in [0.15, 0.2) is 66.7 Å². The molecular formula is C24H22N4O3. The van der Waals surface area contributed by atoms with Gasteiger partial charge in [0.05, 0.1) is 19.0 Å². The van der Waals surface area contributed by atoms with E-state index in [1.807, 2.05) is 66.7 Å². The van der Waals surface area contributed by atoms with E-state index in [1.165, 1.54) is 6.92 Å². The van der Waals surface area contributed by atoms with E-state index >= 15 is 0 Å². The summed E-state index contributed by atoms with van der Waals surface area (Å²) < 4.78 is 5.20. The number of nitrogens with zero attached hydrogens (tertiary/aromatic N) is 1. The lowest BCUT2D eigenvalue weighted by Gasteiger charge is -2.07. The number of methoxy groups -OCH3 is 1. The highest BCUT2D eigenvalue weighted by Crippen LogP contribution is 2.28. The largest absolute Gasteiger partial charge is 0.497 e. The molecule has 0 fully saturated rings. The van der Waals surface area contributed by atoms with Gasteiger partial charge in [-0.2, -0.15) is 5.10 Å². The molecule has 0 spiro atoms. The van der Waals surface area contributed by atoms with Gasteiger partial charge >= 0.3 is 0 Å². The van der Waals surface area contributed by atoms with Crippen molar-refractivity contribution < 1.29 is 14.3 Å². The second kappa shape index (κ2) is 8.71. The Labute approximate surface area is 179 Å². The van der Waals surface area contributed by atoms with Crippen molar-refractivity contribution >= 4 is 34.2 Å². The molecular weight excluding hydrogens is 392 g/mol. The average Bonchev–Trinajstić information content (AvgIpc) is 3.15. The summed E-state index contributed by atoms with van der Waals surface area (Å²) in [6, 6.07) is 20.9. The molecule has 0 atom stereocenters. The maximum Gasteiger partial charge on any atom is 0.230 e. The lowest BCUT2D eigenvalue weighted by Crippen LogP contribution is -2.14. The van der Waals surface area contributed by atoms with E-state index in [-0.39, 0.29) is 18.2 Å². The van der Waals surface area contributed by atoms with Gasteiger partial charge in [0.2, 0.25) is 11.8 Å². The van der Waals surface area contributed by atoms with Gasteiger partial charge in [-0.15, -0.1) is 0 Å². The SMILES string of the molecule is COc1cccc(CC(=O)Nc2n[nH]c3cc(-c4cccc(NC(C)=O)c4)ccc23)c1. The van der Waals surface area contributed by atoms with Crippen LogP contribution in [-0.4, -0.2) is 29.1 Å². The summed E-state index contributed by atoms with van der Waals surface area (Å²) in [7, 11) is 1.60. The molecule has 1 heterocycles. The number of nitrogens with one attached hydrogen (secondary N) is 3. The number of rotatable bonds is 6. The van der Waals surface area contributed by atoms with Gasteiger partial charge in [-0.3, -0.25) is 14.7 Å². The maximum absolute atomic E-state index is 12.5. The van der Waals surface area contributed by atoms with Gasteiger partial charge in [0.1, 0.15) is 5.75 Å². The molecule has 0 aliphatic rings. The minimum absolute atomic E-state index is 0.115. The van der Waals surface area contributed by atoms with E-state index in [4.69, 9.17) is 4.74 Å². The second-order valence-electron chi connectivity index (χ2n) is 7.17. The summed E-state index contributed by atoms with van der Waals surface area (Å²) in [6.07, 6.45) is 0.222. The Hall–Kier alpha value is -4.13. The van der Waals surface area contributed by atoms with Crippen LogP contribution >= 0.6 is 0 Å². The summed E-state index contributed by atoms with van der Waals surface area (Å²) in [4.78, 5) is 23.8. The minimum atomic E-state index is -0.159. The van der Waals surface area contributed by atoms with Gasteiger partial charge in [-0.25, -0.2) is 0 Å². The predicted molar refractivity (Wildman–Crippen MR) is 121 cm³/mol. The van der Waals surface area contributed by atoms with Crippen LogP contribution in [0.2, 0.25) is 0 Å². The number of fused-ring (bicyclic) bond motifs is 1. The van der Waals surface area contributed by atoms with Gasteiger partial charge in [-0.1, -0.05) is 30.3 Å². The molecule has 0 saturated carbocycles. The molecule has 0 unspecified atom stereocenters. The van der Waals surface area contributed by atoms with E-state index < -0.39 is 0 Å². The molecule has 0 bridgehead atoms. The highest BCUT2D eigenvalue weighted by Gasteiger charge is 2.12. The average molecular weight is 414 g/mol. The molecule has 1 aromatic heterocycles. The Balaban J connectivity index is 1.52. The molecule has 3 N–H and O–H groups in total. The third-order valence-electron chi connectivity index (χ3n) is 4.84. The molecule has 0 radical (unpaired) electrons. The Morgan fingerprint density at radius 3 is 2.58 bits per heavy atom. The van der Waals surface area contributed by atoms with Crippen molar-refractivity contribution in [3.63, 3.8) is 0 Å². The fourth-order valence-corrected chi connectivity index (χ4v) is 3.42. The Morgan fingerprint density at radius 1 is 0.968 bits per heavy atom. The van der Waals surface area contributed by atoms with Crippen LogP contribution in [0.25, 0.3) is 22.0 Å². The summed E-state index contributed by atoms with van der Waals surface area (Å²) in [5.74, 6) is 0.927. The van der Waals surface area contributed by atoms with Crippen molar-refractivity contribution in [1.82, 2.24) is 10.2 Å².